The van der Waals surface area contributed by atoms with E-state index in [0.29, 0.717) is 6.42 Å². The van der Waals surface area contributed by atoms with Crippen LogP contribution in [0.1, 0.15) is 6.42 Å². The maximum atomic E-state index is 8.29. The van der Waals surface area contributed by atoms with Gasteiger partial charge in [0.25, 0.3) is 0 Å². The molecule has 0 fully saturated rings. The van der Waals surface area contributed by atoms with Crippen LogP contribution in [0.2, 0.25) is 0 Å². The van der Waals surface area contributed by atoms with E-state index in [9.17, 15) is 0 Å². The summed E-state index contributed by atoms with van der Waals surface area (Å²) in [6, 6.07) is 12.3. The van der Waals surface area contributed by atoms with E-state index in [1.54, 1.807) is 21.6 Å². The fourth-order valence-electron chi connectivity index (χ4n) is 0.673. The van der Waals surface area contributed by atoms with Crippen LogP contribution in [0.25, 0.3) is 0 Å². The predicted molar refractivity (Wildman–Crippen MR) is 55.0 cm³/mol. The summed E-state index contributed by atoms with van der Waals surface area (Å²) in [4.78, 5) is 1.25. The van der Waals surface area contributed by atoms with Crippen molar-refractivity contribution in [3.63, 3.8) is 0 Å². The van der Waals surface area contributed by atoms with Gasteiger partial charge in [-0.05, 0) is 12.1 Å². The third-order valence-electron chi connectivity index (χ3n) is 1.20. The van der Waals surface area contributed by atoms with Gasteiger partial charge in [0, 0.05) is 17.1 Å². The summed E-state index contributed by atoms with van der Waals surface area (Å²) in [7, 11) is 3.45. The SMILES string of the molecule is N#CCCSSc1ccccc1. The van der Waals surface area contributed by atoms with Crippen LogP contribution < -0.4 is 0 Å². The van der Waals surface area contributed by atoms with E-state index < -0.39 is 0 Å². The topological polar surface area (TPSA) is 23.8 Å². The Labute approximate surface area is 80.6 Å². The van der Waals surface area contributed by atoms with E-state index in [4.69, 9.17) is 5.26 Å². The number of rotatable bonds is 4. The van der Waals surface area contributed by atoms with Gasteiger partial charge in [-0.1, -0.05) is 39.8 Å². The molecule has 0 atom stereocenters. The summed E-state index contributed by atoms with van der Waals surface area (Å²) in [5, 5.41) is 8.29. The van der Waals surface area contributed by atoms with Crippen LogP contribution >= 0.6 is 21.6 Å². The highest BCUT2D eigenvalue weighted by atomic mass is 33.1. The van der Waals surface area contributed by atoms with Crippen molar-refractivity contribution < 1.29 is 0 Å². The van der Waals surface area contributed by atoms with Gasteiger partial charge in [-0.25, -0.2) is 0 Å². The lowest BCUT2D eigenvalue weighted by atomic mass is 10.4. The van der Waals surface area contributed by atoms with Crippen LogP contribution in [0.3, 0.4) is 0 Å². The molecule has 1 aromatic carbocycles. The Morgan fingerprint density at radius 1 is 1.25 bits per heavy atom. The first-order valence-corrected chi connectivity index (χ1v) is 5.97. The molecule has 62 valence electrons. The Morgan fingerprint density at radius 3 is 2.67 bits per heavy atom. The van der Waals surface area contributed by atoms with Crippen molar-refractivity contribution in [1.82, 2.24) is 0 Å². The van der Waals surface area contributed by atoms with E-state index in [2.05, 4.69) is 18.2 Å². The zero-order valence-electron chi connectivity index (χ0n) is 6.56. The fraction of sp³-hybridized carbons (Fsp3) is 0.222. The summed E-state index contributed by atoms with van der Waals surface area (Å²) >= 11 is 0. The molecule has 0 heterocycles. The van der Waals surface area contributed by atoms with E-state index >= 15 is 0 Å². The van der Waals surface area contributed by atoms with E-state index in [0.717, 1.165) is 5.75 Å². The molecule has 0 amide bonds. The summed E-state index contributed by atoms with van der Waals surface area (Å²) < 4.78 is 0. The lowest BCUT2D eigenvalue weighted by Crippen LogP contribution is -1.70. The molecule has 0 aliphatic rings. The third kappa shape index (κ3) is 3.70. The quantitative estimate of drug-likeness (QED) is 0.544. The van der Waals surface area contributed by atoms with Crippen molar-refractivity contribution >= 4 is 21.6 Å². The van der Waals surface area contributed by atoms with Crippen molar-refractivity contribution in [1.29, 1.82) is 5.26 Å². The first-order valence-electron chi connectivity index (χ1n) is 3.65. The van der Waals surface area contributed by atoms with Crippen LogP contribution in [0.15, 0.2) is 35.2 Å². The molecule has 0 unspecified atom stereocenters. The highest BCUT2D eigenvalue weighted by Crippen LogP contribution is 2.30. The Hall–Kier alpha value is -0.590. The molecular weight excluding hydrogens is 186 g/mol. The molecule has 1 aromatic rings. The van der Waals surface area contributed by atoms with Gasteiger partial charge in [-0.2, -0.15) is 5.26 Å². The number of nitriles is 1. The lowest BCUT2D eigenvalue weighted by molar-refractivity contribution is 1.25. The summed E-state index contributed by atoms with van der Waals surface area (Å²) in [5.41, 5.74) is 0. The van der Waals surface area contributed by atoms with Crippen LogP contribution in [-0.4, -0.2) is 5.75 Å². The van der Waals surface area contributed by atoms with Gasteiger partial charge in [0.2, 0.25) is 0 Å². The van der Waals surface area contributed by atoms with Gasteiger partial charge < -0.3 is 0 Å². The van der Waals surface area contributed by atoms with Gasteiger partial charge in [0.1, 0.15) is 0 Å². The molecular formula is C9H9NS2. The van der Waals surface area contributed by atoms with E-state index in [1.165, 1.54) is 4.90 Å². The van der Waals surface area contributed by atoms with Crippen molar-refractivity contribution in [2.75, 3.05) is 5.75 Å². The Bertz CT molecular complexity index is 253. The molecule has 0 spiro atoms. The smallest absolute Gasteiger partial charge is 0.0630 e. The number of hydrogen-bond acceptors (Lipinski definition) is 3. The first kappa shape index (κ1) is 9.50. The molecule has 12 heavy (non-hydrogen) atoms. The second-order valence-electron chi connectivity index (χ2n) is 2.13. The second kappa shape index (κ2) is 5.99. The average Bonchev–Trinajstić information content (AvgIpc) is 2.14. The maximum absolute atomic E-state index is 8.29. The van der Waals surface area contributed by atoms with Crippen LogP contribution in [0.5, 0.6) is 0 Å². The average molecular weight is 195 g/mol. The number of nitrogens with zero attached hydrogens (tertiary/aromatic N) is 1. The number of benzene rings is 1. The standard InChI is InChI=1S/C9H9NS2/c10-7-4-8-11-12-9-5-2-1-3-6-9/h1-3,5-6H,4,8H2. The molecule has 1 nitrogen and oxygen atoms in total. The molecule has 0 radical (unpaired) electrons. The normalized spacial score (nSPS) is 9.25. The van der Waals surface area contributed by atoms with Crippen LogP contribution in [-0.2, 0) is 0 Å². The minimum Gasteiger partial charge on any atom is -0.198 e. The zero-order chi connectivity index (χ0) is 8.65. The van der Waals surface area contributed by atoms with E-state index in [1.807, 2.05) is 18.2 Å². The van der Waals surface area contributed by atoms with Crippen LogP contribution in [0, 0.1) is 11.3 Å². The second-order valence-corrected chi connectivity index (χ2v) is 4.62. The molecule has 0 saturated carbocycles. The fourth-order valence-corrected chi connectivity index (χ4v) is 2.58. The van der Waals surface area contributed by atoms with Crippen LogP contribution in [0.4, 0.5) is 0 Å². The lowest BCUT2D eigenvalue weighted by Gasteiger charge is -1.96. The minimum absolute atomic E-state index is 0.629. The predicted octanol–water partition coefficient (Wildman–Crippen LogP) is 3.34. The Kier molecular flexibility index (Phi) is 4.74. The van der Waals surface area contributed by atoms with E-state index in [-0.39, 0.29) is 0 Å². The highest BCUT2D eigenvalue weighted by Gasteiger charge is 1.91. The molecule has 3 heteroatoms. The van der Waals surface area contributed by atoms with Crippen molar-refractivity contribution in [3.8, 4) is 6.07 Å². The summed E-state index contributed by atoms with van der Waals surface area (Å²) in [6.07, 6.45) is 0.629. The van der Waals surface area contributed by atoms with Gasteiger partial charge in [-0.15, -0.1) is 0 Å². The van der Waals surface area contributed by atoms with Gasteiger partial charge >= 0.3 is 0 Å². The molecule has 0 saturated heterocycles. The molecule has 0 N–H and O–H groups in total. The molecule has 0 bridgehead atoms. The molecule has 0 aromatic heterocycles. The van der Waals surface area contributed by atoms with Gasteiger partial charge in [0.15, 0.2) is 0 Å². The Balaban J connectivity index is 2.21. The first-order chi connectivity index (χ1) is 5.93. The zero-order valence-corrected chi connectivity index (χ0v) is 8.20. The largest absolute Gasteiger partial charge is 0.198 e. The third-order valence-corrected chi connectivity index (χ3v) is 3.58. The van der Waals surface area contributed by atoms with Gasteiger partial charge in [0.05, 0.1) is 6.07 Å². The van der Waals surface area contributed by atoms with Crippen molar-refractivity contribution in [2.45, 2.75) is 11.3 Å². The van der Waals surface area contributed by atoms with Gasteiger partial charge in [-0.3, -0.25) is 0 Å². The minimum atomic E-state index is 0.629. The van der Waals surface area contributed by atoms with Crippen molar-refractivity contribution in [2.24, 2.45) is 0 Å². The molecule has 0 aliphatic carbocycles. The summed E-state index contributed by atoms with van der Waals surface area (Å²) in [5.74, 6) is 0.899. The monoisotopic (exact) mass is 195 g/mol. The molecule has 1 rings (SSSR count). The Morgan fingerprint density at radius 2 is 2.00 bits per heavy atom. The molecule has 0 aliphatic heterocycles. The summed E-state index contributed by atoms with van der Waals surface area (Å²) in [6.45, 7) is 0. The maximum Gasteiger partial charge on any atom is 0.0630 e. The highest BCUT2D eigenvalue weighted by molar-refractivity contribution is 8.76. The van der Waals surface area contributed by atoms with Crippen molar-refractivity contribution in [3.05, 3.63) is 30.3 Å². The number of hydrogen-bond donors (Lipinski definition) is 0.